The van der Waals surface area contributed by atoms with Crippen molar-refractivity contribution in [3.63, 3.8) is 0 Å². The molecule has 2 aromatic heterocycles. The number of rotatable bonds is 7. The molecule has 3 heterocycles. The third-order valence-corrected chi connectivity index (χ3v) is 6.91. The summed E-state index contributed by atoms with van der Waals surface area (Å²) in [6.07, 6.45) is -0.323. The fourth-order valence-electron chi connectivity index (χ4n) is 5.32. The largest absolute Gasteiger partial charge is 0.417 e. The molecule has 0 bridgehead atoms. The average molecular weight is 531 g/mol. The lowest BCUT2D eigenvalue weighted by Crippen LogP contribution is -2.38. The molecule has 2 atom stereocenters. The average Bonchev–Trinajstić information content (AvgIpc) is 3.58. The molecule has 0 spiro atoms. The van der Waals surface area contributed by atoms with E-state index < -0.39 is 30.2 Å². The van der Waals surface area contributed by atoms with Crippen molar-refractivity contribution in [3.05, 3.63) is 111 Å². The summed E-state index contributed by atoms with van der Waals surface area (Å²) >= 11 is 0. The minimum absolute atomic E-state index is 0.122. The van der Waals surface area contributed by atoms with E-state index in [1.54, 1.807) is 25.3 Å². The van der Waals surface area contributed by atoms with Crippen LogP contribution in [-0.2, 0) is 4.74 Å². The monoisotopic (exact) mass is 530 g/mol. The second kappa shape index (κ2) is 9.32. The van der Waals surface area contributed by atoms with E-state index in [-0.39, 0.29) is 17.4 Å². The third kappa shape index (κ3) is 4.32. The number of halogens is 2. The van der Waals surface area contributed by atoms with Crippen LogP contribution >= 0.6 is 0 Å². The Morgan fingerprint density at radius 3 is 2.44 bits per heavy atom. The molecule has 1 aliphatic rings. The van der Waals surface area contributed by atoms with Gasteiger partial charge in [-0.2, -0.15) is 5.10 Å². The van der Waals surface area contributed by atoms with Crippen molar-refractivity contribution in [3.8, 4) is 11.3 Å². The molecule has 198 valence electrons. The first-order valence-electron chi connectivity index (χ1n) is 12.3. The number of nitrogens with one attached hydrogen (secondary N) is 2. The Morgan fingerprint density at radius 2 is 1.74 bits per heavy atom. The Bertz CT molecular complexity index is 1720. The minimum Gasteiger partial charge on any atom is -0.407 e. The minimum atomic E-state index is -3.13. The van der Waals surface area contributed by atoms with Gasteiger partial charge in [-0.3, -0.25) is 14.9 Å². The van der Waals surface area contributed by atoms with Gasteiger partial charge in [0.05, 0.1) is 18.1 Å². The number of aromatic nitrogens is 3. The molecule has 0 saturated carbocycles. The summed E-state index contributed by atoms with van der Waals surface area (Å²) in [5.74, 6) is -4.35. The predicted molar refractivity (Wildman–Crippen MR) is 140 cm³/mol. The van der Waals surface area contributed by atoms with E-state index in [2.05, 4.69) is 15.2 Å². The number of amides is 1. The van der Waals surface area contributed by atoms with E-state index in [4.69, 9.17) is 9.15 Å². The molecule has 8 nitrogen and oxygen atoms in total. The van der Waals surface area contributed by atoms with Crippen LogP contribution in [0.4, 0.5) is 8.78 Å². The van der Waals surface area contributed by atoms with Crippen LogP contribution in [0.5, 0.6) is 0 Å². The number of nitrogens with zero attached hydrogens (tertiary/aromatic N) is 2. The van der Waals surface area contributed by atoms with Gasteiger partial charge in [0.25, 0.3) is 11.8 Å². The molecule has 3 aromatic carbocycles. The predicted octanol–water partition coefficient (Wildman–Crippen LogP) is 5.45. The van der Waals surface area contributed by atoms with Gasteiger partial charge in [-0.25, -0.2) is 13.6 Å². The number of carbonyl (C=O) groups excluding carboxylic acids is 1. The summed E-state index contributed by atoms with van der Waals surface area (Å²) in [5.41, 5.74) is 4.58. The van der Waals surface area contributed by atoms with Crippen molar-refractivity contribution in [1.82, 2.24) is 20.1 Å². The lowest BCUT2D eigenvalue weighted by atomic mass is 9.93. The Labute approximate surface area is 221 Å². The Balaban J connectivity index is 1.47. The van der Waals surface area contributed by atoms with Crippen LogP contribution in [0.2, 0.25) is 0 Å². The summed E-state index contributed by atoms with van der Waals surface area (Å²) in [5, 5.41) is 7.11. The summed E-state index contributed by atoms with van der Waals surface area (Å²) in [6.45, 7) is -0.00109. The van der Waals surface area contributed by atoms with Crippen LogP contribution < -0.4 is 5.76 Å². The number of aromatic amines is 2. The van der Waals surface area contributed by atoms with Crippen LogP contribution in [0.3, 0.4) is 0 Å². The van der Waals surface area contributed by atoms with E-state index in [1.807, 2.05) is 54.6 Å². The molecular formula is C29H24F2N4O4. The van der Waals surface area contributed by atoms with E-state index in [1.165, 1.54) is 0 Å². The van der Waals surface area contributed by atoms with Crippen molar-refractivity contribution < 1.29 is 22.7 Å². The van der Waals surface area contributed by atoms with Crippen molar-refractivity contribution in [2.45, 2.75) is 25.0 Å². The van der Waals surface area contributed by atoms with E-state index in [0.29, 0.717) is 27.9 Å². The van der Waals surface area contributed by atoms with E-state index >= 15 is 0 Å². The SMILES string of the molecule is COC(c1ccccc1)c1ccc(C2c3c(-c4cccc5[nH]c(=O)oc45)n[nH]c3C(=O)N2CC(C)(F)F)cc1. The molecule has 0 saturated heterocycles. The zero-order chi connectivity index (χ0) is 27.3. The van der Waals surface area contributed by atoms with Crippen molar-refractivity contribution in [2.75, 3.05) is 13.7 Å². The third-order valence-electron chi connectivity index (χ3n) is 6.91. The van der Waals surface area contributed by atoms with Crippen LogP contribution in [0.1, 0.15) is 51.8 Å². The van der Waals surface area contributed by atoms with Gasteiger partial charge < -0.3 is 14.1 Å². The zero-order valence-electron chi connectivity index (χ0n) is 21.1. The molecule has 1 aliphatic heterocycles. The lowest BCUT2D eigenvalue weighted by Gasteiger charge is -2.29. The topological polar surface area (TPSA) is 104 Å². The summed E-state index contributed by atoms with van der Waals surface area (Å²) in [7, 11) is 1.62. The van der Waals surface area contributed by atoms with Crippen LogP contribution in [0.15, 0.2) is 82.0 Å². The maximum Gasteiger partial charge on any atom is 0.417 e. The quantitative estimate of drug-likeness (QED) is 0.291. The molecule has 0 fully saturated rings. The molecule has 5 aromatic rings. The molecule has 2 N–H and O–H groups in total. The standard InChI is InChI=1S/C29H24F2N4O4/c1-29(30,31)15-35-24(16-11-13-18(14-12-16)25(38-2)17-7-4-3-5-8-17)21-22(33-34-23(21)27(35)36)19-9-6-10-20-26(19)39-28(37)32-20/h3-14,24-25H,15H2,1-2H3,(H,32,37)(H,33,34). The number of methoxy groups -OCH3 is 1. The van der Waals surface area contributed by atoms with Crippen molar-refractivity contribution in [2.24, 2.45) is 0 Å². The number of alkyl halides is 2. The summed E-state index contributed by atoms with van der Waals surface area (Å²) in [6, 6.07) is 21.3. The van der Waals surface area contributed by atoms with Crippen LogP contribution in [0.25, 0.3) is 22.4 Å². The molecular weight excluding hydrogens is 506 g/mol. The number of carbonyl (C=O) groups is 1. The van der Waals surface area contributed by atoms with Crippen LogP contribution in [-0.4, -0.2) is 45.6 Å². The molecule has 10 heteroatoms. The molecule has 1 amide bonds. The first kappa shape index (κ1) is 24.7. The second-order valence-electron chi connectivity index (χ2n) is 9.66. The van der Waals surface area contributed by atoms with Gasteiger partial charge in [0.1, 0.15) is 17.5 Å². The first-order valence-corrected chi connectivity index (χ1v) is 12.3. The highest BCUT2D eigenvalue weighted by atomic mass is 19.3. The van der Waals surface area contributed by atoms with Gasteiger partial charge in [0.2, 0.25) is 0 Å². The van der Waals surface area contributed by atoms with Gasteiger partial charge in [-0.15, -0.1) is 0 Å². The number of H-pyrrole nitrogens is 2. The Hall–Kier alpha value is -4.57. The highest BCUT2D eigenvalue weighted by Crippen LogP contribution is 2.45. The number of ether oxygens (including phenoxy) is 1. The number of hydrogen-bond donors (Lipinski definition) is 2. The molecule has 6 rings (SSSR count). The highest BCUT2D eigenvalue weighted by molar-refractivity contribution is 6.01. The van der Waals surface area contributed by atoms with Crippen molar-refractivity contribution in [1.29, 1.82) is 0 Å². The maximum absolute atomic E-state index is 14.3. The summed E-state index contributed by atoms with van der Waals surface area (Å²) < 4.78 is 39.7. The van der Waals surface area contributed by atoms with Gasteiger partial charge in [0, 0.05) is 25.2 Å². The molecule has 0 radical (unpaired) electrons. The number of oxazole rings is 1. The molecule has 2 unspecified atom stereocenters. The normalized spacial score (nSPS) is 16.2. The molecule has 39 heavy (non-hydrogen) atoms. The summed E-state index contributed by atoms with van der Waals surface area (Å²) in [4.78, 5) is 29.1. The van der Waals surface area contributed by atoms with Gasteiger partial charge in [-0.1, -0.05) is 60.7 Å². The van der Waals surface area contributed by atoms with Crippen LogP contribution in [0, 0.1) is 0 Å². The second-order valence-corrected chi connectivity index (χ2v) is 9.66. The van der Waals surface area contributed by atoms with E-state index in [0.717, 1.165) is 23.0 Å². The fourth-order valence-corrected chi connectivity index (χ4v) is 5.32. The smallest absolute Gasteiger partial charge is 0.407 e. The fraction of sp³-hybridized carbons (Fsp3) is 0.207. The number of hydrogen-bond acceptors (Lipinski definition) is 5. The first-order chi connectivity index (χ1) is 18.7. The van der Waals surface area contributed by atoms with Crippen molar-refractivity contribution >= 4 is 17.0 Å². The lowest BCUT2D eigenvalue weighted by molar-refractivity contribution is -0.0148. The Morgan fingerprint density at radius 1 is 1.03 bits per heavy atom. The molecule has 0 aliphatic carbocycles. The van der Waals surface area contributed by atoms with E-state index in [9.17, 15) is 18.4 Å². The zero-order valence-corrected chi connectivity index (χ0v) is 21.1. The number of para-hydroxylation sites is 1. The number of fused-ring (bicyclic) bond motifs is 2. The highest BCUT2D eigenvalue weighted by Gasteiger charge is 2.45. The van der Waals surface area contributed by atoms with Gasteiger partial charge in [-0.05, 0) is 28.8 Å². The number of benzene rings is 3. The van der Waals surface area contributed by atoms with Gasteiger partial charge >= 0.3 is 5.76 Å². The Kier molecular flexibility index (Phi) is 5.91. The van der Waals surface area contributed by atoms with Gasteiger partial charge in [0.15, 0.2) is 5.58 Å². The maximum atomic E-state index is 14.3.